The molecule has 0 aliphatic heterocycles. The summed E-state index contributed by atoms with van der Waals surface area (Å²) < 4.78 is 0. The Balaban J connectivity index is -0.0000000876. The van der Waals surface area contributed by atoms with Crippen LogP contribution in [-0.2, 0) is 19.5 Å². The zero-order chi connectivity index (χ0) is 16.2. The van der Waals surface area contributed by atoms with E-state index in [-0.39, 0.29) is 19.5 Å². The first-order valence-corrected chi connectivity index (χ1v) is 3.86. The Labute approximate surface area is 126 Å². The Morgan fingerprint density at radius 2 is 0.810 bits per heavy atom. The summed E-state index contributed by atoms with van der Waals surface area (Å²) in [5.41, 5.74) is 0. The van der Waals surface area contributed by atoms with E-state index in [9.17, 15) is 0 Å². The molecule has 0 aromatic carbocycles. The summed E-state index contributed by atoms with van der Waals surface area (Å²) in [6.45, 7) is 0. The quantitative estimate of drug-likeness (QED) is 0.332. The molecule has 0 aliphatic carbocycles. The van der Waals surface area contributed by atoms with Crippen LogP contribution in [0.25, 0.3) is 0 Å². The first kappa shape index (κ1) is 26.5. The SMILES string of the molecule is O=O.O=[N+]([O-])[O-].O=[N+]([O-])[O-].[Zn+2].c1cn[nH]n1.c1cn[nH]n1. The van der Waals surface area contributed by atoms with Gasteiger partial charge in [0.15, 0.2) is 0 Å². The number of nitrogens with zero attached hydrogens (tertiary/aromatic N) is 6. The average Bonchev–Trinajstić information content (AvgIpc) is 3.09. The van der Waals surface area contributed by atoms with Crippen molar-refractivity contribution in [3.05, 3.63) is 65.4 Å². The third-order valence-electron chi connectivity index (χ3n) is 0.662. The van der Waals surface area contributed by atoms with E-state index in [1.54, 1.807) is 24.8 Å². The number of H-pyrrole nitrogens is 2. The van der Waals surface area contributed by atoms with Gasteiger partial charge >= 0.3 is 19.5 Å². The van der Waals surface area contributed by atoms with Crippen molar-refractivity contribution in [1.82, 2.24) is 30.8 Å². The van der Waals surface area contributed by atoms with Gasteiger partial charge < -0.3 is 30.6 Å². The minimum Gasteiger partial charge on any atom is -0.356 e. The maximum Gasteiger partial charge on any atom is 2.00 e. The van der Waals surface area contributed by atoms with E-state index in [0.29, 0.717) is 0 Å². The molecule has 0 fully saturated rings. The maximum atomic E-state index is 8.25. The van der Waals surface area contributed by atoms with Crippen molar-refractivity contribution in [1.29, 1.82) is 0 Å². The minimum atomic E-state index is -1.75. The summed E-state index contributed by atoms with van der Waals surface area (Å²) >= 11 is 0. The van der Waals surface area contributed by atoms with Gasteiger partial charge in [0.05, 0.1) is 35.0 Å². The Kier molecular flexibility index (Phi) is 32.4. The van der Waals surface area contributed by atoms with Crippen molar-refractivity contribution in [2.24, 2.45) is 0 Å². The molecule has 2 aromatic rings. The van der Waals surface area contributed by atoms with Crippen LogP contribution in [0.2, 0.25) is 0 Å². The molecule has 0 amide bonds. The molecular weight excluding hydrogens is 353 g/mol. The number of hydrogen-bond acceptors (Lipinski definition) is 12. The molecule has 2 aromatic heterocycles. The van der Waals surface area contributed by atoms with E-state index >= 15 is 0 Å². The van der Waals surface area contributed by atoms with Crippen LogP contribution in [0, 0.1) is 40.6 Å². The molecule has 2 rings (SSSR count). The second-order valence-corrected chi connectivity index (χ2v) is 1.76. The maximum absolute atomic E-state index is 8.25. The zero-order valence-corrected chi connectivity index (χ0v) is 12.9. The van der Waals surface area contributed by atoms with Gasteiger partial charge in [-0.15, -0.1) is 0 Å². The fraction of sp³-hybridized carbons (Fsp3) is 0. The molecule has 0 atom stereocenters. The van der Waals surface area contributed by atoms with Crippen molar-refractivity contribution >= 4 is 0 Å². The molecule has 0 saturated carbocycles. The second-order valence-electron chi connectivity index (χ2n) is 1.76. The molecule has 0 radical (unpaired) electrons. The van der Waals surface area contributed by atoms with E-state index in [4.69, 9.17) is 40.6 Å². The molecule has 2 N–H and O–H groups in total. The Morgan fingerprint density at radius 3 is 0.857 bits per heavy atom. The molecule has 0 saturated heterocycles. The van der Waals surface area contributed by atoms with Crippen LogP contribution in [0.1, 0.15) is 0 Å². The van der Waals surface area contributed by atoms with Gasteiger partial charge in [-0.2, -0.15) is 30.8 Å². The topological polar surface area (TPSA) is 250 Å². The molecule has 112 valence electrons. The van der Waals surface area contributed by atoms with Crippen molar-refractivity contribution in [3.63, 3.8) is 0 Å². The Bertz CT molecular complexity index is 316. The van der Waals surface area contributed by atoms with Gasteiger partial charge in [0.2, 0.25) is 0 Å². The monoisotopic (exact) mass is 358 g/mol. The molecule has 16 nitrogen and oxygen atoms in total. The predicted octanol–water partition coefficient (Wildman–Crippen LogP) is -0.804. The van der Waals surface area contributed by atoms with Gasteiger partial charge in [-0.25, -0.2) is 0 Å². The Hall–Kier alpha value is -3.10. The second kappa shape index (κ2) is 25.7. The van der Waals surface area contributed by atoms with E-state index in [1.165, 1.54) is 0 Å². The molecule has 2 heterocycles. The van der Waals surface area contributed by atoms with Gasteiger partial charge in [0.25, 0.3) is 0 Å². The average molecular weight is 360 g/mol. The number of aromatic amines is 2. The number of nitrogens with one attached hydrogen (secondary N) is 2. The van der Waals surface area contributed by atoms with Crippen LogP contribution in [0.3, 0.4) is 0 Å². The van der Waals surface area contributed by atoms with E-state index in [1.807, 2.05) is 0 Å². The molecule has 0 unspecified atom stereocenters. The summed E-state index contributed by atoms with van der Waals surface area (Å²) in [4.78, 5) is 30.5. The van der Waals surface area contributed by atoms with Crippen LogP contribution in [0.4, 0.5) is 0 Å². The third-order valence-corrected chi connectivity index (χ3v) is 0.662. The minimum absolute atomic E-state index is 0. The first-order chi connectivity index (χ1) is 9.46. The van der Waals surface area contributed by atoms with Crippen molar-refractivity contribution < 1.29 is 29.7 Å². The van der Waals surface area contributed by atoms with E-state index in [2.05, 4.69) is 30.8 Å². The summed E-state index contributed by atoms with van der Waals surface area (Å²) in [7, 11) is 0. The fourth-order valence-corrected chi connectivity index (χ4v) is 0.333. The van der Waals surface area contributed by atoms with Crippen molar-refractivity contribution in [2.75, 3.05) is 0 Å². The van der Waals surface area contributed by atoms with Gasteiger partial charge in [-0.3, -0.25) is 0 Å². The number of hydrogen-bond donors (Lipinski definition) is 2. The van der Waals surface area contributed by atoms with Gasteiger partial charge in [-0.05, 0) is 0 Å². The van der Waals surface area contributed by atoms with Crippen molar-refractivity contribution in [3.8, 4) is 0 Å². The zero-order valence-electron chi connectivity index (χ0n) is 9.97. The summed E-state index contributed by atoms with van der Waals surface area (Å²) in [6.07, 6.45) is 6.33. The first-order valence-electron chi connectivity index (χ1n) is 3.86. The van der Waals surface area contributed by atoms with Gasteiger partial charge in [-0.1, -0.05) is 0 Å². The van der Waals surface area contributed by atoms with Crippen LogP contribution in [0.5, 0.6) is 0 Å². The summed E-state index contributed by atoms with van der Waals surface area (Å²) in [6, 6.07) is 0. The van der Waals surface area contributed by atoms with Gasteiger partial charge in [0, 0.05) is 9.93 Å². The third kappa shape index (κ3) is 78.8. The number of aromatic nitrogens is 6. The molecular formula is C4H6N8O8Zn. The van der Waals surface area contributed by atoms with Crippen LogP contribution < -0.4 is 0 Å². The smallest absolute Gasteiger partial charge is 0.356 e. The number of rotatable bonds is 0. The molecule has 0 aliphatic rings. The van der Waals surface area contributed by atoms with E-state index in [0.717, 1.165) is 0 Å². The summed E-state index contributed by atoms with van der Waals surface area (Å²) in [5, 5.41) is 48.2. The van der Waals surface area contributed by atoms with Crippen LogP contribution in [-0.4, -0.2) is 41.0 Å². The largest absolute Gasteiger partial charge is 2.00 e. The molecule has 0 bridgehead atoms. The van der Waals surface area contributed by atoms with Gasteiger partial charge in [0.1, 0.15) is 0 Å². The summed E-state index contributed by atoms with van der Waals surface area (Å²) in [5.74, 6) is 0. The standard InChI is InChI=1S/2C2H3N3.2NO3.O2.Zn/c2*1-2-4-5-3-1;2*2-1(3)4;1-2;/h2*1-2H,(H,3,4,5);;;;/q;;2*-1;;+2. The fourth-order valence-electron chi connectivity index (χ4n) is 0.333. The Morgan fingerprint density at radius 1 is 0.667 bits per heavy atom. The molecule has 21 heavy (non-hydrogen) atoms. The van der Waals surface area contributed by atoms with Crippen LogP contribution >= 0.6 is 0 Å². The van der Waals surface area contributed by atoms with Crippen molar-refractivity contribution in [2.45, 2.75) is 0 Å². The van der Waals surface area contributed by atoms with Crippen LogP contribution in [0.15, 0.2) is 24.8 Å². The van der Waals surface area contributed by atoms with E-state index < -0.39 is 10.2 Å². The predicted molar refractivity (Wildman–Crippen MR) is 60.2 cm³/mol. The molecule has 0 spiro atoms. The normalized spacial score (nSPS) is 6.29. The molecule has 17 heteroatoms.